The van der Waals surface area contributed by atoms with Crippen LogP contribution in [-0.4, -0.2) is 9.13 Å². The molecule has 0 N–H and O–H groups in total. The summed E-state index contributed by atoms with van der Waals surface area (Å²) >= 11 is 0. The van der Waals surface area contributed by atoms with Crippen molar-refractivity contribution in [2.75, 3.05) is 0 Å². The van der Waals surface area contributed by atoms with Crippen molar-refractivity contribution in [3.05, 3.63) is 168 Å². The lowest BCUT2D eigenvalue weighted by molar-refractivity contribution is 1.17. The van der Waals surface area contributed by atoms with Crippen LogP contribution in [0, 0.1) is 34.0 Å². The monoisotopic (exact) mass is 635 g/mol. The summed E-state index contributed by atoms with van der Waals surface area (Å²) in [5.74, 6) is 0. The SMILES string of the molecule is N#Cc1ccc(-n2c3ccccc3c3cccc(C#N)c32)c(-c2ccc(-c3ccc(-n4c5ccccc5c5cc(C#N)ccc54)cc3)cc2)c1. The van der Waals surface area contributed by atoms with Crippen molar-refractivity contribution < 1.29 is 0 Å². The summed E-state index contributed by atoms with van der Waals surface area (Å²) < 4.78 is 4.40. The quantitative estimate of drug-likeness (QED) is 0.193. The molecule has 0 saturated heterocycles. The second-order valence-corrected chi connectivity index (χ2v) is 12.3. The molecule has 7 aromatic carbocycles. The number of benzene rings is 7. The van der Waals surface area contributed by atoms with Crippen LogP contribution in [0.1, 0.15) is 16.7 Å². The third kappa shape index (κ3) is 4.38. The Labute approximate surface area is 287 Å². The fraction of sp³-hybridized carbons (Fsp3) is 0. The van der Waals surface area contributed by atoms with Gasteiger partial charge < -0.3 is 9.13 Å². The Hall–Kier alpha value is -7.39. The van der Waals surface area contributed by atoms with Gasteiger partial charge >= 0.3 is 0 Å². The third-order valence-electron chi connectivity index (χ3n) is 9.64. The van der Waals surface area contributed by atoms with Crippen molar-refractivity contribution in [3.63, 3.8) is 0 Å². The van der Waals surface area contributed by atoms with Crippen LogP contribution in [0.2, 0.25) is 0 Å². The van der Waals surface area contributed by atoms with Gasteiger partial charge in [0.15, 0.2) is 0 Å². The van der Waals surface area contributed by atoms with Crippen LogP contribution in [0.25, 0.3) is 77.2 Å². The van der Waals surface area contributed by atoms with Gasteiger partial charge in [-0.25, -0.2) is 0 Å². The van der Waals surface area contributed by atoms with E-state index in [4.69, 9.17) is 0 Å². The molecule has 9 aromatic rings. The van der Waals surface area contributed by atoms with E-state index in [0.717, 1.165) is 77.2 Å². The minimum atomic E-state index is 0.568. The molecule has 5 nitrogen and oxygen atoms in total. The van der Waals surface area contributed by atoms with E-state index >= 15 is 0 Å². The molecule has 0 spiro atoms. The van der Waals surface area contributed by atoms with Crippen LogP contribution in [0.4, 0.5) is 0 Å². The Bertz CT molecular complexity index is 2940. The van der Waals surface area contributed by atoms with Crippen LogP contribution in [-0.2, 0) is 0 Å². The van der Waals surface area contributed by atoms with Crippen LogP contribution >= 0.6 is 0 Å². The zero-order valence-electron chi connectivity index (χ0n) is 26.7. The third-order valence-corrected chi connectivity index (χ3v) is 9.64. The molecule has 50 heavy (non-hydrogen) atoms. The van der Waals surface area contributed by atoms with Crippen molar-refractivity contribution in [1.29, 1.82) is 15.8 Å². The summed E-state index contributed by atoms with van der Waals surface area (Å²) in [5.41, 5.74) is 11.8. The molecule has 0 saturated carbocycles. The lowest BCUT2D eigenvalue weighted by Gasteiger charge is -2.15. The Morgan fingerprint density at radius 2 is 0.960 bits per heavy atom. The number of fused-ring (bicyclic) bond motifs is 6. The fourth-order valence-corrected chi connectivity index (χ4v) is 7.36. The lowest BCUT2D eigenvalue weighted by Crippen LogP contribution is -1.99. The van der Waals surface area contributed by atoms with E-state index in [9.17, 15) is 15.8 Å². The molecule has 9 rings (SSSR count). The molecule has 0 radical (unpaired) electrons. The highest BCUT2D eigenvalue weighted by Crippen LogP contribution is 2.39. The largest absolute Gasteiger partial charge is 0.309 e. The number of nitriles is 3. The van der Waals surface area contributed by atoms with E-state index in [2.05, 4.69) is 106 Å². The highest BCUT2D eigenvalue weighted by molar-refractivity contribution is 6.12. The summed E-state index contributed by atoms with van der Waals surface area (Å²) in [7, 11) is 0. The second kappa shape index (κ2) is 11.4. The molecule has 2 heterocycles. The topological polar surface area (TPSA) is 81.2 Å². The van der Waals surface area contributed by atoms with Gasteiger partial charge in [-0.05, 0) is 83.4 Å². The maximum Gasteiger partial charge on any atom is 0.101 e. The first kappa shape index (κ1) is 28.8. The first-order valence-electron chi connectivity index (χ1n) is 16.3. The maximum absolute atomic E-state index is 10.1. The molecular formula is C45H25N5. The predicted molar refractivity (Wildman–Crippen MR) is 200 cm³/mol. The molecule has 0 bridgehead atoms. The van der Waals surface area contributed by atoms with Crippen molar-refractivity contribution >= 4 is 43.6 Å². The van der Waals surface area contributed by atoms with Gasteiger partial charge in [-0.1, -0.05) is 84.9 Å². The summed E-state index contributed by atoms with van der Waals surface area (Å²) in [5, 5.41) is 33.7. The number of hydrogen-bond acceptors (Lipinski definition) is 3. The summed E-state index contributed by atoms with van der Waals surface area (Å²) in [6.45, 7) is 0. The zero-order chi connectivity index (χ0) is 33.8. The van der Waals surface area contributed by atoms with E-state index in [1.54, 1.807) is 0 Å². The van der Waals surface area contributed by atoms with Gasteiger partial charge in [0, 0.05) is 32.8 Å². The number of nitrogens with zero attached hydrogens (tertiary/aromatic N) is 5. The molecule has 5 heteroatoms. The lowest BCUT2D eigenvalue weighted by atomic mass is 9.97. The molecule has 0 fully saturated rings. The second-order valence-electron chi connectivity index (χ2n) is 12.3. The van der Waals surface area contributed by atoms with Gasteiger partial charge in [-0.2, -0.15) is 15.8 Å². The van der Waals surface area contributed by atoms with E-state index < -0.39 is 0 Å². The van der Waals surface area contributed by atoms with E-state index in [0.29, 0.717) is 16.7 Å². The summed E-state index contributed by atoms with van der Waals surface area (Å²) in [6.07, 6.45) is 0. The average molecular weight is 636 g/mol. The standard InChI is InChI=1S/C45H25N5/c46-26-29-12-22-43(50-42-11-4-1-7-36(42)38-9-5-6-34(28-48)45(38)50)39(24-29)33-16-14-31(15-17-33)32-18-20-35(21-19-32)49-41-10-3-2-8-37(41)40-25-30(27-47)13-23-44(40)49/h1-25H. The molecule has 0 atom stereocenters. The van der Waals surface area contributed by atoms with Crippen molar-refractivity contribution in [2.45, 2.75) is 0 Å². The minimum absolute atomic E-state index is 0.568. The molecule has 2 aromatic heterocycles. The highest BCUT2D eigenvalue weighted by Gasteiger charge is 2.19. The van der Waals surface area contributed by atoms with Gasteiger partial charge in [0.2, 0.25) is 0 Å². The first-order chi connectivity index (χ1) is 24.7. The van der Waals surface area contributed by atoms with Gasteiger partial charge in [0.25, 0.3) is 0 Å². The van der Waals surface area contributed by atoms with Crippen molar-refractivity contribution in [2.24, 2.45) is 0 Å². The van der Waals surface area contributed by atoms with Crippen LogP contribution in [0.15, 0.2) is 152 Å². The van der Waals surface area contributed by atoms with Crippen molar-refractivity contribution in [3.8, 4) is 51.8 Å². The Morgan fingerprint density at radius 3 is 1.66 bits per heavy atom. The van der Waals surface area contributed by atoms with Crippen LogP contribution in [0.3, 0.4) is 0 Å². The molecule has 0 unspecified atom stereocenters. The van der Waals surface area contributed by atoms with E-state index in [-0.39, 0.29) is 0 Å². The molecule has 0 aliphatic rings. The smallest absolute Gasteiger partial charge is 0.101 e. The summed E-state index contributed by atoms with van der Waals surface area (Å²) in [4.78, 5) is 0. The Balaban J connectivity index is 1.13. The predicted octanol–water partition coefficient (Wildman–Crippen LogP) is 10.8. The van der Waals surface area contributed by atoms with Gasteiger partial charge in [0.1, 0.15) is 6.07 Å². The molecule has 0 aliphatic carbocycles. The molecule has 0 amide bonds. The zero-order valence-corrected chi connectivity index (χ0v) is 26.7. The molecule has 0 aliphatic heterocycles. The molecule has 230 valence electrons. The summed E-state index contributed by atoms with van der Waals surface area (Å²) in [6, 6.07) is 57.9. The minimum Gasteiger partial charge on any atom is -0.309 e. The van der Waals surface area contributed by atoms with E-state index in [1.165, 1.54) is 0 Å². The number of rotatable bonds is 4. The average Bonchev–Trinajstić information content (AvgIpc) is 3.70. The van der Waals surface area contributed by atoms with Gasteiger partial charge in [-0.15, -0.1) is 0 Å². The van der Waals surface area contributed by atoms with Crippen LogP contribution < -0.4 is 0 Å². The number of hydrogen-bond donors (Lipinski definition) is 0. The number of para-hydroxylation sites is 3. The van der Waals surface area contributed by atoms with E-state index in [1.807, 2.05) is 72.8 Å². The normalized spacial score (nSPS) is 11.1. The van der Waals surface area contributed by atoms with Gasteiger partial charge in [0.05, 0.1) is 56.6 Å². The first-order valence-corrected chi connectivity index (χ1v) is 16.3. The highest BCUT2D eigenvalue weighted by atomic mass is 15.0. The fourth-order valence-electron chi connectivity index (χ4n) is 7.36. The molecular weight excluding hydrogens is 611 g/mol. The maximum atomic E-state index is 10.1. The number of aromatic nitrogens is 2. The van der Waals surface area contributed by atoms with Crippen LogP contribution in [0.5, 0.6) is 0 Å². The Kier molecular flexibility index (Phi) is 6.56. The van der Waals surface area contributed by atoms with Gasteiger partial charge in [-0.3, -0.25) is 0 Å². The Morgan fingerprint density at radius 1 is 0.400 bits per heavy atom. The van der Waals surface area contributed by atoms with Crippen molar-refractivity contribution in [1.82, 2.24) is 9.13 Å².